The van der Waals surface area contributed by atoms with Crippen LogP contribution in [0.2, 0.25) is 0 Å². The Bertz CT molecular complexity index is 1110. The molecule has 32 heavy (non-hydrogen) atoms. The molecule has 3 aliphatic heterocycles. The minimum atomic E-state index is 0.262. The topological polar surface area (TPSA) is 62.4 Å². The summed E-state index contributed by atoms with van der Waals surface area (Å²) in [5.41, 5.74) is 9.02. The molecule has 2 N–H and O–H groups in total. The minimum Gasteiger partial charge on any atom is -0.381 e. The molecule has 0 saturated carbocycles. The summed E-state index contributed by atoms with van der Waals surface area (Å²) in [7, 11) is 0. The van der Waals surface area contributed by atoms with Gasteiger partial charge in [0.1, 0.15) is 5.65 Å². The van der Waals surface area contributed by atoms with Crippen molar-refractivity contribution < 1.29 is 9.47 Å². The van der Waals surface area contributed by atoms with Crippen molar-refractivity contribution in [3.05, 3.63) is 52.8 Å². The Morgan fingerprint density at radius 3 is 2.91 bits per heavy atom. The van der Waals surface area contributed by atoms with Crippen molar-refractivity contribution in [2.24, 2.45) is 5.92 Å². The quantitative estimate of drug-likeness (QED) is 0.660. The number of hydrogen-bond acceptors (Lipinski definition) is 5. The predicted molar refractivity (Wildman–Crippen MR) is 126 cm³/mol. The van der Waals surface area contributed by atoms with Gasteiger partial charge in [0.25, 0.3) is 0 Å². The van der Waals surface area contributed by atoms with Crippen LogP contribution < -0.4 is 5.32 Å². The van der Waals surface area contributed by atoms with Crippen LogP contribution in [0.5, 0.6) is 0 Å². The van der Waals surface area contributed by atoms with E-state index in [0.29, 0.717) is 5.92 Å². The summed E-state index contributed by atoms with van der Waals surface area (Å²) < 4.78 is 11.5. The van der Waals surface area contributed by atoms with E-state index in [9.17, 15) is 0 Å². The fourth-order valence-electron chi connectivity index (χ4n) is 5.58. The van der Waals surface area contributed by atoms with Crippen LogP contribution >= 0.6 is 0 Å². The maximum absolute atomic E-state index is 5.84. The normalized spacial score (nSPS) is 24.2. The van der Waals surface area contributed by atoms with Crippen LogP contribution in [-0.4, -0.2) is 60.9 Å². The average molecular weight is 433 g/mol. The van der Waals surface area contributed by atoms with Gasteiger partial charge in [0.2, 0.25) is 0 Å². The molecule has 6 heteroatoms. The molecule has 1 unspecified atom stereocenters. The summed E-state index contributed by atoms with van der Waals surface area (Å²) in [6.45, 7) is 9.70. The molecular formula is C26H32N4O2. The highest BCUT2D eigenvalue weighted by Crippen LogP contribution is 2.34. The number of rotatable bonds is 4. The van der Waals surface area contributed by atoms with E-state index in [0.717, 1.165) is 64.7 Å². The first-order chi connectivity index (χ1) is 15.7. The highest BCUT2D eigenvalue weighted by molar-refractivity contribution is 5.84. The van der Waals surface area contributed by atoms with Gasteiger partial charge in [0, 0.05) is 56.1 Å². The van der Waals surface area contributed by atoms with Crippen LogP contribution in [0.3, 0.4) is 0 Å². The number of aryl methyl sites for hydroxylation is 1. The zero-order chi connectivity index (χ0) is 21.5. The number of morpholine rings is 1. The maximum Gasteiger partial charge on any atom is 0.137 e. The van der Waals surface area contributed by atoms with E-state index in [2.05, 4.69) is 40.3 Å². The molecule has 2 atom stereocenters. The molecule has 5 heterocycles. The number of fused-ring (bicyclic) bond motifs is 2. The van der Waals surface area contributed by atoms with Gasteiger partial charge in [-0.3, -0.25) is 4.90 Å². The lowest BCUT2D eigenvalue weighted by atomic mass is 9.87. The first kappa shape index (κ1) is 20.4. The number of aromatic nitrogens is 2. The summed E-state index contributed by atoms with van der Waals surface area (Å²) in [5, 5.41) is 4.89. The van der Waals surface area contributed by atoms with Gasteiger partial charge in [-0.15, -0.1) is 0 Å². The van der Waals surface area contributed by atoms with Crippen LogP contribution in [0.1, 0.15) is 34.7 Å². The minimum absolute atomic E-state index is 0.262. The van der Waals surface area contributed by atoms with E-state index in [1.54, 1.807) is 0 Å². The van der Waals surface area contributed by atoms with Gasteiger partial charge >= 0.3 is 0 Å². The number of nitrogens with zero attached hydrogens (tertiary/aromatic N) is 2. The van der Waals surface area contributed by atoms with Crippen molar-refractivity contribution >= 4 is 11.0 Å². The molecule has 2 aromatic heterocycles. The molecular weight excluding hydrogens is 400 g/mol. The Hall–Kier alpha value is -2.25. The highest BCUT2D eigenvalue weighted by Gasteiger charge is 2.27. The number of ether oxygens (including phenoxy) is 2. The van der Waals surface area contributed by atoms with Gasteiger partial charge in [0.15, 0.2) is 0 Å². The first-order valence-electron chi connectivity index (χ1n) is 12.0. The summed E-state index contributed by atoms with van der Waals surface area (Å²) in [6, 6.07) is 7.33. The van der Waals surface area contributed by atoms with Crippen LogP contribution in [0.25, 0.3) is 22.2 Å². The van der Waals surface area contributed by atoms with Crippen molar-refractivity contribution in [2.75, 3.05) is 46.1 Å². The summed E-state index contributed by atoms with van der Waals surface area (Å²) >= 11 is 0. The molecule has 0 radical (unpaired) electrons. The monoisotopic (exact) mass is 432 g/mol. The molecule has 6 rings (SSSR count). The van der Waals surface area contributed by atoms with Crippen LogP contribution in [0.4, 0.5) is 0 Å². The highest BCUT2D eigenvalue weighted by atomic mass is 16.5. The number of benzene rings is 1. The predicted octanol–water partition coefficient (Wildman–Crippen LogP) is 3.59. The lowest BCUT2D eigenvalue weighted by molar-refractivity contribution is 0.0763. The van der Waals surface area contributed by atoms with Crippen molar-refractivity contribution in [2.45, 2.75) is 32.4 Å². The second-order valence-corrected chi connectivity index (χ2v) is 9.59. The number of H-pyrrole nitrogens is 1. The van der Waals surface area contributed by atoms with E-state index >= 15 is 0 Å². The average Bonchev–Trinajstić information content (AvgIpc) is 3.48. The third kappa shape index (κ3) is 3.86. The standard InChI is InChI=1S/C26H32N4O2/c1-17-11-28-26-23(17)10-20(12-29-26)19-8-21-14-30(13-18-3-6-31-15-18)5-2-22(21)24(9-19)25-16-32-7-4-27-25/h8-12,18,25,27H,2-7,13-16H2,1H3,(H,28,29)/t18?,25-/m0/s1. The van der Waals surface area contributed by atoms with Crippen LogP contribution in [-0.2, 0) is 22.4 Å². The fourth-order valence-corrected chi connectivity index (χ4v) is 5.58. The van der Waals surface area contributed by atoms with Crippen molar-refractivity contribution in [1.29, 1.82) is 0 Å². The molecule has 0 amide bonds. The summed E-state index contributed by atoms with van der Waals surface area (Å²) in [4.78, 5) is 10.6. The molecule has 3 aliphatic rings. The second kappa shape index (κ2) is 8.60. The fraction of sp³-hybridized carbons (Fsp3) is 0.500. The van der Waals surface area contributed by atoms with Gasteiger partial charge in [-0.05, 0) is 71.7 Å². The third-order valence-electron chi connectivity index (χ3n) is 7.36. The zero-order valence-corrected chi connectivity index (χ0v) is 18.8. The Morgan fingerprint density at radius 2 is 2.06 bits per heavy atom. The van der Waals surface area contributed by atoms with Gasteiger partial charge in [-0.25, -0.2) is 4.98 Å². The maximum atomic E-state index is 5.84. The van der Waals surface area contributed by atoms with Gasteiger partial charge in [-0.1, -0.05) is 0 Å². The van der Waals surface area contributed by atoms with E-state index in [1.807, 2.05) is 12.4 Å². The molecule has 168 valence electrons. The van der Waals surface area contributed by atoms with Crippen molar-refractivity contribution in [3.63, 3.8) is 0 Å². The molecule has 2 fully saturated rings. The Kier molecular flexibility index (Phi) is 5.47. The third-order valence-corrected chi connectivity index (χ3v) is 7.36. The van der Waals surface area contributed by atoms with Crippen LogP contribution in [0.15, 0.2) is 30.6 Å². The van der Waals surface area contributed by atoms with Crippen molar-refractivity contribution in [1.82, 2.24) is 20.2 Å². The van der Waals surface area contributed by atoms with Gasteiger partial charge < -0.3 is 19.8 Å². The van der Waals surface area contributed by atoms with Crippen LogP contribution in [0, 0.1) is 12.8 Å². The number of aromatic amines is 1. The van der Waals surface area contributed by atoms with E-state index < -0.39 is 0 Å². The lowest BCUT2D eigenvalue weighted by Crippen LogP contribution is -2.38. The molecule has 0 bridgehead atoms. The van der Waals surface area contributed by atoms with Crippen molar-refractivity contribution in [3.8, 4) is 11.1 Å². The molecule has 0 aliphatic carbocycles. The van der Waals surface area contributed by atoms with Gasteiger partial charge in [-0.2, -0.15) is 0 Å². The molecule has 1 aromatic carbocycles. The lowest BCUT2D eigenvalue weighted by Gasteiger charge is -2.34. The Labute approximate surface area is 189 Å². The zero-order valence-electron chi connectivity index (χ0n) is 18.8. The Morgan fingerprint density at radius 1 is 1.12 bits per heavy atom. The number of pyridine rings is 1. The summed E-state index contributed by atoms with van der Waals surface area (Å²) in [6.07, 6.45) is 6.34. The second-order valence-electron chi connectivity index (χ2n) is 9.59. The Balaban J connectivity index is 1.38. The van der Waals surface area contributed by atoms with E-state index in [1.165, 1.54) is 45.2 Å². The van der Waals surface area contributed by atoms with E-state index in [4.69, 9.17) is 14.5 Å². The molecule has 2 saturated heterocycles. The number of nitrogens with one attached hydrogen (secondary N) is 2. The number of hydrogen-bond donors (Lipinski definition) is 2. The van der Waals surface area contributed by atoms with E-state index in [-0.39, 0.29) is 6.04 Å². The summed E-state index contributed by atoms with van der Waals surface area (Å²) in [5.74, 6) is 0.677. The molecule has 6 nitrogen and oxygen atoms in total. The molecule has 0 spiro atoms. The smallest absolute Gasteiger partial charge is 0.137 e. The first-order valence-corrected chi connectivity index (χ1v) is 12.0. The SMILES string of the molecule is Cc1c[nH]c2ncc(-c3cc4c(c([C@@H]5COCCN5)c3)CCN(CC3CCOC3)C4)cc12. The molecule has 3 aromatic rings. The van der Waals surface area contributed by atoms with Gasteiger partial charge in [0.05, 0.1) is 25.9 Å². The largest absolute Gasteiger partial charge is 0.381 e.